The first-order chi connectivity index (χ1) is 11.8. The lowest BCUT2D eigenvalue weighted by atomic mass is 9.71. The number of phenols is 1. The number of amides is 1. The molecule has 1 aliphatic carbocycles. The summed E-state index contributed by atoms with van der Waals surface area (Å²) in [6.45, 7) is 6.63. The van der Waals surface area contributed by atoms with Crippen LogP contribution in [0, 0.1) is 0 Å². The van der Waals surface area contributed by atoms with E-state index < -0.39 is 12.2 Å². The molecule has 1 unspecified atom stereocenters. The number of aliphatic hydroxyl groups is 1. The second kappa shape index (κ2) is 6.56. The van der Waals surface area contributed by atoms with Gasteiger partial charge in [-0.2, -0.15) is 0 Å². The number of allylic oxidation sites excluding steroid dienone is 2. The molecule has 0 radical (unpaired) electrons. The molecule has 0 aromatic heterocycles. The molecule has 2 aliphatic rings. The van der Waals surface area contributed by atoms with Gasteiger partial charge in [-0.05, 0) is 49.0 Å². The molecule has 2 N–H and O–H groups in total. The zero-order valence-electron chi connectivity index (χ0n) is 15.0. The van der Waals surface area contributed by atoms with E-state index in [0.717, 1.165) is 17.5 Å². The lowest BCUT2D eigenvalue weighted by Crippen LogP contribution is -2.32. The molecule has 134 valence electrons. The van der Waals surface area contributed by atoms with Crippen molar-refractivity contribution in [2.24, 2.45) is 0 Å². The summed E-state index contributed by atoms with van der Waals surface area (Å²) in [5.41, 5.74) is 2.70. The fourth-order valence-corrected chi connectivity index (χ4v) is 3.72. The molecule has 3 rings (SSSR count). The first-order valence-electron chi connectivity index (χ1n) is 8.72. The summed E-state index contributed by atoms with van der Waals surface area (Å²) >= 11 is 0. The Morgan fingerprint density at radius 2 is 2.16 bits per heavy atom. The van der Waals surface area contributed by atoms with Crippen LogP contribution in [0.15, 0.2) is 30.4 Å². The molecule has 25 heavy (non-hydrogen) atoms. The first kappa shape index (κ1) is 17.5. The quantitative estimate of drug-likeness (QED) is 0.855. The standard InChI is InChI=1S/C20H25NO4/c1-4-25-19(24)21-10-6-5-7-15(21)13-11-14-16(22)8-9-20(2,3)18(14)17(23)12-13/h5-7,11-12,16,22-23H,4,8-10H2,1-3H3. The number of carbonyl (C=O) groups is 1. The monoisotopic (exact) mass is 343 g/mol. The molecule has 1 aromatic rings. The van der Waals surface area contributed by atoms with Crippen molar-refractivity contribution in [1.82, 2.24) is 4.90 Å². The van der Waals surface area contributed by atoms with Crippen LogP contribution in [0.2, 0.25) is 0 Å². The molecule has 0 saturated carbocycles. The SMILES string of the molecule is CCOC(=O)N1CC=CC=C1c1cc(O)c2c(c1)C(O)CCC2(C)C. The summed E-state index contributed by atoms with van der Waals surface area (Å²) in [6, 6.07) is 3.56. The minimum Gasteiger partial charge on any atom is -0.508 e. The third-order valence-corrected chi connectivity index (χ3v) is 4.98. The molecule has 1 aliphatic heterocycles. The van der Waals surface area contributed by atoms with Crippen molar-refractivity contribution in [1.29, 1.82) is 0 Å². The van der Waals surface area contributed by atoms with Gasteiger partial charge in [0.2, 0.25) is 0 Å². The van der Waals surface area contributed by atoms with E-state index >= 15 is 0 Å². The first-order valence-corrected chi connectivity index (χ1v) is 8.72. The van der Waals surface area contributed by atoms with Crippen LogP contribution in [0.1, 0.15) is 56.4 Å². The van der Waals surface area contributed by atoms with Crippen molar-refractivity contribution in [3.05, 3.63) is 47.1 Å². The van der Waals surface area contributed by atoms with Crippen molar-refractivity contribution in [3.8, 4) is 5.75 Å². The highest BCUT2D eigenvalue weighted by Crippen LogP contribution is 2.47. The second-order valence-electron chi connectivity index (χ2n) is 7.19. The van der Waals surface area contributed by atoms with Crippen LogP contribution in [-0.2, 0) is 10.2 Å². The maximum atomic E-state index is 12.2. The highest BCUT2D eigenvalue weighted by molar-refractivity contribution is 5.84. The van der Waals surface area contributed by atoms with E-state index in [-0.39, 0.29) is 11.2 Å². The second-order valence-corrected chi connectivity index (χ2v) is 7.19. The highest BCUT2D eigenvalue weighted by atomic mass is 16.6. The Bertz CT molecular complexity index is 748. The van der Waals surface area contributed by atoms with Crippen LogP contribution in [0.25, 0.3) is 5.70 Å². The molecular formula is C20H25NO4. The van der Waals surface area contributed by atoms with Gasteiger partial charge in [-0.1, -0.05) is 26.0 Å². The summed E-state index contributed by atoms with van der Waals surface area (Å²) in [4.78, 5) is 13.8. The molecule has 1 amide bonds. The normalized spacial score (nSPS) is 21.5. The Balaban J connectivity index is 2.07. The van der Waals surface area contributed by atoms with Crippen LogP contribution in [0.5, 0.6) is 5.75 Å². The van der Waals surface area contributed by atoms with Crippen molar-refractivity contribution < 1.29 is 19.7 Å². The number of aromatic hydroxyl groups is 1. The van der Waals surface area contributed by atoms with Gasteiger partial charge in [0.05, 0.1) is 18.4 Å². The number of benzene rings is 1. The van der Waals surface area contributed by atoms with Crippen LogP contribution in [0.3, 0.4) is 0 Å². The number of hydrogen-bond donors (Lipinski definition) is 2. The zero-order valence-corrected chi connectivity index (χ0v) is 15.0. The average molecular weight is 343 g/mol. The average Bonchev–Trinajstić information content (AvgIpc) is 2.58. The maximum Gasteiger partial charge on any atom is 0.414 e. The largest absolute Gasteiger partial charge is 0.508 e. The summed E-state index contributed by atoms with van der Waals surface area (Å²) < 4.78 is 5.13. The third kappa shape index (κ3) is 3.16. The van der Waals surface area contributed by atoms with Gasteiger partial charge < -0.3 is 14.9 Å². The predicted molar refractivity (Wildman–Crippen MR) is 96.2 cm³/mol. The van der Waals surface area contributed by atoms with Gasteiger partial charge in [0, 0.05) is 17.7 Å². The van der Waals surface area contributed by atoms with E-state index in [9.17, 15) is 15.0 Å². The molecule has 1 atom stereocenters. The summed E-state index contributed by atoms with van der Waals surface area (Å²) in [7, 11) is 0. The molecule has 0 saturated heterocycles. The number of nitrogens with zero attached hydrogens (tertiary/aromatic N) is 1. The number of fused-ring (bicyclic) bond motifs is 1. The number of aliphatic hydroxyl groups excluding tert-OH is 1. The van der Waals surface area contributed by atoms with Gasteiger partial charge in [0.25, 0.3) is 0 Å². The minimum absolute atomic E-state index is 0.163. The Kier molecular flexibility index (Phi) is 4.60. The molecule has 5 nitrogen and oxygen atoms in total. The number of hydrogen-bond acceptors (Lipinski definition) is 4. The molecule has 5 heteroatoms. The van der Waals surface area contributed by atoms with Gasteiger partial charge in [-0.15, -0.1) is 0 Å². The van der Waals surface area contributed by atoms with Crippen molar-refractivity contribution >= 4 is 11.8 Å². The Morgan fingerprint density at radius 3 is 2.88 bits per heavy atom. The Morgan fingerprint density at radius 1 is 1.40 bits per heavy atom. The van der Waals surface area contributed by atoms with Crippen LogP contribution < -0.4 is 0 Å². The van der Waals surface area contributed by atoms with E-state index in [2.05, 4.69) is 13.8 Å². The number of ether oxygens (including phenoxy) is 1. The van der Waals surface area contributed by atoms with Crippen molar-refractivity contribution in [2.75, 3.05) is 13.2 Å². The van der Waals surface area contributed by atoms with E-state index in [1.54, 1.807) is 13.0 Å². The van der Waals surface area contributed by atoms with E-state index in [0.29, 0.717) is 30.8 Å². The fraction of sp³-hybridized carbons (Fsp3) is 0.450. The predicted octanol–water partition coefficient (Wildman–Crippen LogP) is 3.87. The molecule has 0 fully saturated rings. The van der Waals surface area contributed by atoms with Crippen LogP contribution in [0.4, 0.5) is 4.79 Å². The summed E-state index contributed by atoms with van der Waals surface area (Å²) in [5, 5.41) is 21.1. The van der Waals surface area contributed by atoms with Crippen molar-refractivity contribution in [3.63, 3.8) is 0 Å². The Hall–Kier alpha value is -2.27. The van der Waals surface area contributed by atoms with Gasteiger partial charge >= 0.3 is 6.09 Å². The van der Waals surface area contributed by atoms with Gasteiger partial charge in [0.1, 0.15) is 5.75 Å². The van der Waals surface area contributed by atoms with E-state index in [4.69, 9.17) is 4.74 Å². The van der Waals surface area contributed by atoms with Gasteiger partial charge in [-0.3, -0.25) is 4.90 Å². The third-order valence-electron chi connectivity index (χ3n) is 4.98. The van der Waals surface area contributed by atoms with E-state index in [1.165, 1.54) is 4.90 Å². The molecule has 0 bridgehead atoms. The highest BCUT2D eigenvalue weighted by Gasteiger charge is 2.35. The van der Waals surface area contributed by atoms with Crippen LogP contribution in [-0.4, -0.2) is 34.4 Å². The zero-order chi connectivity index (χ0) is 18.2. The van der Waals surface area contributed by atoms with Gasteiger partial charge in [-0.25, -0.2) is 4.79 Å². The topological polar surface area (TPSA) is 70.0 Å². The molecule has 0 spiro atoms. The molecule has 1 aromatic carbocycles. The minimum atomic E-state index is -0.607. The summed E-state index contributed by atoms with van der Waals surface area (Å²) in [5.74, 6) is 0.163. The lowest BCUT2D eigenvalue weighted by molar-refractivity contribution is 0.128. The fourth-order valence-electron chi connectivity index (χ4n) is 3.72. The van der Waals surface area contributed by atoms with E-state index in [1.807, 2.05) is 24.3 Å². The number of phenolic OH excluding ortho intramolecular Hbond substituents is 1. The number of rotatable bonds is 2. The molecular weight excluding hydrogens is 318 g/mol. The Labute approximate surface area is 148 Å². The van der Waals surface area contributed by atoms with Crippen molar-refractivity contribution in [2.45, 2.75) is 45.1 Å². The summed E-state index contributed by atoms with van der Waals surface area (Å²) in [6.07, 6.45) is 6.01. The van der Waals surface area contributed by atoms with Crippen LogP contribution >= 0.6 is 0 Å². The van der Waals surface area contributed by atoms with Gasteiger partial charge in [0.15, 0.2) is 0 Å². The molecule has 1 heterocycles. The maximum absolute atomic E-state index is 12.2. The smallest absolute Gasteiger partial charge is 0.414 e. The lowest BCUT2D eigenvalue weighted by Gasteiger charge is -2.36. The number of carbonyl (C=O) groups excluding carboxylic acids is 1.